The topological polar surface area (TPSA) is 103 Å². The number of rotatable bonds is 6. The third kappa shape index (κ3) is 4.92. The fourth-order valence-electron chi connectivity index (χ4n) is 3.98. The predicted molar refractivity (Wildman–Crippen MR) is 143 cm³/mol. The number of hydrogen-bond donors (Lipinski definition) is 1. The van der Waals surface area contributed by atoms with Gasteiger partial charge in [0.2, 0.25) is 6.79 Å². The molecule has 1 saturated heterocycles. The number of nitrogens with one attached hydrogen (secondary N) is 1. The number of aryl methyl sites for hydroxylation is 1. The lowest BCUT2D eigenvalue weighted by molar-refractivity contribution is -0.122. The van der Waals surface area contributed by atoms with Gasteiger partial charge in [0, 0.05) is 4.47 Å². The standard InChI is InChI=1S/C27H20BrClN2O7/c1-14-7-17(4-5-19(14)28)31-26(33)18(25(32)30-27(31)34)8-16-9-20(29)24(23(11-16)35-2)36-12-15-3-6-21-22(10-15)38-13-37-21/h3-11H,12-13H2,1-2H3,(H,30,32,34)/b18-8+. The zero-order valence-electron chi connectivity index (χ0n) is 20.2. The molecule has 1 N–H and O–H groups in total. The Bertz CT molecular complexity index is 1520. The Kier molecular flexibility index (Phi) is 7.00. The molecule has 11 heteroatoms. The lowest BCUT2D eigenvalue weighted by atomic mass is 10.1. The highest BCUT2D eigenvalue weighted by Crippen LogP contribution is 2.39. The van der Waals surface area contributed by atoms with Crippen molar-refractivity contribution in [2.45, 2.75) is 13.5 Å². The summed E-state index contributed by atoms with van der Waals surface area (Å²) >= 11 is 9.91. The minimum absolute atomic E-state index is 0.172. The van der Waals surface area contributed by atoms with Crippen molar-refractivity contribution in [3.63, 3.8) is 0 Å². The van der Waals surface area contributed by atoms with Crippen molar-refractivity contribution < 1.29 is 33.3 Å². The number of methoxy groups -OCH3 is 1. The summed E-state index contributed by atoms with van der Waals surface area (Å²) in [6.07, 6.45) is 1.35. The van der Waals surface area contributed by atoms with E-state index in [-0.39, 0.29) is 29.7 Å². The number of anilines is 1. The zero-order chi connectivity index (χ0) is 27.0. The molecule has 0 aliphatic carbocycles. The van der Waals surface area contributed by atoms with Crippen molar-refractivity contribution in [1.29, 1.82) is 0 Å². The molecular weight excluding hydrogens is 580 g/mol. The number of ether oxygens (including phenoxy) is 4. The molecule has 0 aromatic heterocycles. The second kappa shape index (κ2) is 10.4. The second-order valence-corrected chi connectivity index (χ2v) is 9.66. The van der Waals surface area contributed by atoms with Crippen molar-refractivity contribution in [2.75, 3.05) is 18.8 Å². The van der Waals surface area contributed by atoms with Crippen molar-refractivity contribution in [3.8, 4) is 23.0 Å². The molecule has 1 fully saturated rings. The monoisotopic (exact) mass is 598 g/mol. The highest BCUT2D eigenvalue weighted by Gasteiger charge is 2.37. The fraction of sp³-hybridized carbons (Fsp3) is 0.148. The van der Waals surface area contributed by atoms with Crippen LogP contribution in [0.4, 0.5) is 10.5 Å². The number of halogens is 2. The average Bonchev–Trinajstić information content (AvgIpc) is 3.35. The molecule has 2 aliphatic rings. The first-order chi connectivity index (χ1) is 18.2. The summed E-state index contributed by atoms with van der Waals surface area (Å²) < 4.78 is 22.9. The summed E-state index contributed by atoms with van der Waals surface area (Å²) in [6.45, 7) is 2.18. The summed E-state index contributed by atoms with van der Waals surface area (Å²) in [4.78, 5) is 39.3. The molecular formula is C27H20BrClN2O7. The van der Waals surface area contributed by atoms with Crippen LogP contribution in [-0.4, -0.2) is 31.7 Å². The number of amides is 4. The average molecular weight is 600 g/mol. The Balaban J connectivity index is 1.41. The van der Waals surface area contributed by atoms with Crippen LogP contribution in [0.25, 0.3) is 6.08 Å². The molecule has 0 bridgehead atoms. The van der Waals surface area contributed by atoms with Crippen LogP contribution in [0.2, 0.25) is 5.02 Å². The first-order valence-corrected chi connectivity index (χ1v) is 12.5. The molecule has 0 radical (unpaired) electrons. The maximum absolute atomic E-state index is 13.2. The molecule has 2 heterocycles. The number of benzene rings is 3. The molecule has 0 atom stereocenters. The molecule has 2 aliphatic heterocycles. The first kappa shape index (κ1) is 25.6. The molecule has 9 nitrogen and oxygen atoms in total. The largest absolute Gasteiger partial charge is 0.493 e. The Morgan fingerprint density at radius 1 is 1.08 bits per heavy atom. The minimum atomic E-state index is -0.832. The minimum Gasteiger partial charge on any atom is -0.493 e. The predicted octanol–water partition coefficient (Wildman–Crippen LogP) is 5.39. The van der Waals surface area contributed by atoms with Gasteiger partial charge in [-0.15, -0.1) is 0 Å². The van der Waals surface area contributed by atoms with Gasteiger partial charge in [-0.05, 0) is 72.2 Å². The van der Waals surface area contributed by atoms with Crippen LogP contribution >= 0.6 is 27.5 Å². The summed E-state index contributed by atoms with van der Waals surface area (Å²) in [5.74, 6) is 0.300. The van der Waals surface area contributed by atoms with Crippen LogP contribution in [0.1, 0.15) is 16.7 Å². The number of urea groups is 1. The third-order valence-corrected chi connectivity index (χ3v) is 7.05. The van der Waals surface area contributed by atoms with Gasteiger partial charge in [-0.2, -0.15) is 0 Å². The van der Waals surface area contributed by atoms with Gasteiger partial charge in [0.05, 0.1) is 17.8 Å². The van der Waals surface area contributed by atoms with Gasteiger partial charge in [0.25, 0.3) is 11.8 Å². The van der Waals surface area contributed by atoms with E-state index in [1.54, 1.807) is 30.3 Å². The third-order valence-electron chi connectivity index (χ3n) is 5.88. The van der Waals surface area contributed by atoms with Crippen LogP contribution in [-0.2, 0) is 16.2 Å². The smallest absolute Gasteiger partial charge is 0.335 e. The van der Waals surface area contributed by atoms with Gasteiger partial charge in [0.1, 0.15) is 12.2 Å². The quantitative estimate of drug-likeness (QED) is 0.299. The van der Waals surface area contributed by atoms with E-state index in [0.29, 0.717) is 28.5 Å². The normalized spacial score (nSPS) is 15.6. The maximum atomic E-state index is 13.2. The number of carbonyl (C=O) groups is 3. The van der Waals surface area contributed by atoms with Crippen molar-refractivity contribution in [3.05, 3.63) is 80.3 Å². The summed E-state index contributed by atoms with van der Waals surface area (Å²) in [5, 5.41) is 2.42. The summed E-state index contributed by atoms with van der Waals surface area (Å²) in [5.41, 5.74) is 2.14. The van der Waals surface area contributed by atoms with Crippen molar-refractivity contribution in [2.24, 2.45) is 0 Å². The van der Waals surface area contributed by atoms with Crippen molar-refractivity contribution in [1.82, 2.24) is 5.32 Å². The van der Waals surface area contributed by atoms with E-state index in [1.807, 2.05) is 19.1 Å². The van der Waals surface area contributed by atoms with Crippen LogP contribution in [0, 0.1) is 6.92 Å². The molecule has 3 aromatic rings. The van der Waals surface area contributed by atoms with Crippen LogP contribution < -0.4 is 29.2 Å². The molecule has 0 spiro atoms. The number of fused-ring (bicyclic) bond motifs is 1. The van der Waals surface area contributed by atoms with Gasteiger partial charge < -0.3 is 18.9 Å². The van der Waals surface area contributed by atoms with Crippen LogP contribution in [0.5, 0.6) is 23.0 Å². The molecule has 0 saturated carbocycles. The van der Waals surface area contributed by atoms with Gasteiger partial charge in [-0.3, -0.25) is 14.9 Å². The number of imide groups is 2. The fourth-order valence-corrected chi connectivity index (χ4v) is 4.50. The molecule has 0 unspecified atom stereocenters. The molecule has 194 valence electrons. The van der Waals surface area contributed by atoms with E-state index in [4.69, 9.17) is 30.5 Å². The highest BCUT2D eigenvalue weighted by molar-refractivity contribution is 9.10. The second-order valence-electron chi connectivity index (χ2n) is 8.40. The Morgan fingerprint density at radius 3 is 2.63 bits per heavy atom. The lowest BCUT2D eigenvalue weighted by Crippen LogP contribution is -2.54. The number of nitrogens with zero attached hydrogens (tertiary/aromatic N) is 1. The van der Waals surface area contributed by atoms with E-state index >= 15 is 0 Å². The van der Waals surface area contributed by atoms with E-state index in [1.165, 1.54) is 19.3 Å². The van der Waals surface area contributed by atoms with Gasteiger partial charge in [-0.1, -0.05) is 33.6 Å². The maximum Gasteiger partial charge on any atom is 0.335 e. The number of hydrogen-bond acceptors (Lipinski definition) is 7. The van der Waals surface area contributed by atoms with E-state index in [0.717, 1.165) is 20.5 Å². The van der Waals surface area contributed by atoms with Gasteiger partial charge >= 0.3 is 6.03 Å². The number of barbiturate groups is 1. The molecule has 3 aromatic carbocycles. The Hall–Kier alpha value is -4.02. The Labute approximate surface area is 231 Å². The van der Waals surface area contributed by atoms with E-state index < -0.39 is 17.8 Å². The summed E-state index contributed by atoms with van der Waals surface area (Å²) in [6, 6.07) is 12.7. The van der Waals surface area contributed by atoms with Crippen LogP contribution in [0.15, 0.2) is 58.6 Å². The van der Waals surface area contributed by atoms with Crippen LogP contribution in [0.3, 0.4) is 0 Å². The highest BCUT2D eigenvalue weighted by atomic mass is 79.9. The van der Waals surface area contributed by atoms with Crippen molar-refractivity contribution >= 4 is 57.1 Å². The first-order valence-electron chi connectivity index (χ1n) is 11.3. The molecule has 5 rings (SSSR count). The molecule has 4 amide bonds. The lowest BCUT2D eigenvalue weighted by Gasteiger charge is -2.26. The van der Waals surface area contributed by atoms with E-state index in [2.05, 4.69) is 21.2 Å². The number of carbonyl (C=O) groups excluding carboxylic acids is 3. The Morgan fingerprint density at radius 2 is 1.87 bits per heavy atom. The summed E-state index contributed by atoms with van der Waals surface area (Å²) in [7, 11) is 1.45. The zero-order valence-corrected chi connectivity index (χ0v) is 22.5. The SMILES string of the molecule is COc1cc(/C=C2\C(=O)NC(=O)N(c3ccc(Br)c(C)c3)C2=O)cc(Cl)c1OCc1ccc2c(c1)OCO2. The molecule has 38 heavy (non-hydrogen) atoms. The van der Waals surface area contributed by atoms with E-state index in [9.17, 15) is 14.4 Å². The van der Waals surface area contributed by atoms with Gasteiger partial charge in [-0.25, -0.2) is 9.69 Å². The van der Waals surface area contributed by atoms with Gasteiger partial charge in [0.15, 0.2) is 23.0 Å².